The summed E-state index contributed by atoms with van der Waals surface area (Å²) >= 11 is 0. The number of aliphatic hydroxyl groups is 1. The molecule has 0 amide bonds. The number of anilines is 1. The van der Waals surface area contributed by atoms with Crippen LogP contribution in [-0.2, 0) is 6.54 Å². The van der Waals surface area contributed by atoms with Crippen molar-refractivity contribution in [1.29, 1.82) is 5.26 Å². The van der Waals surface area contributed by atoms with E-state index in [4.69, 9.17) is 5.26 Å². The van der Waals surface area contributed by atoms with Crippen LogP contribution in [0.25, 0.3) is 11.0 Å². The molecular formula is C17H24N4O. The van der Waals surface area contributed by atoms with Crippen LogP contribution in [0.2, 0.25) is 0 Å². The van der Waals surface area contributed by atoms with Gasteiger partial charge in [0.15, 0.2) is 0 Å². The lowest BCUT2D eigenvalue weighted by molar-refractivity contribution is 0.208. The summed E-state index contributed by atoms with van der Waals surface area (Å²) in [6.07, 6.45) is 1.32. The number of nitrogens with zero attached hydrogens (tertiary/aromatic N) is 3. The maximum Gasteiger partial charge on any atom is 0.203 e. The number of fused-ring (bicyclic) bond motifs is 1. The van der Waals surface area contributed by atoms with Crippen molar-refractivity contribution in [1.82, 2.24) is 9.55 Å². The number of aryl methyl sites for hydroxylation is 1. The second kappa shape index (κ2) is 6.80. The van der Waals surface area contributed by atoms with Crippen molar-refractivity contribution in [2.75, 3.05) is 11.9 Å². The minimum atomic E-state index is -0.425. The number of aliphatic hydroxyl groups excluding tert-OH is 1. The third-order valence-corrected chi connectivity index (χ3v) is 3.70. The van der Waals surface area contributed by atoms with E-state index >= 15 is 0 Å². The zero-order chi connectivity index (χ0) is 16.2. The Morgan fingerprint density at radius 1 is 1.41 bits per heavy atom. The van der Waals surface area contributed by atoms with Gasteiger partial charge in [0.2, 0.25) is 5.95 Å². The van der Waals surface area contributed by atoms with E-state index in [2.05, 4.69) is 20.9 Å². The van der Waals surface area contributed by atoms with Crippen LogP contribution in [-0.4, -0.2) is 27.3 Å². The molecule has 22 heavy (non-hydrogen) atoms. The highest BCUT2D eigenvalue weighted by molar-refractivity contribution is 5.78. The number of aromatic nitrogens is 2. The standard InChI is InChI=1S/C17H24N4O/c1-13(22)11-19-16-20-14-7-4-5-8-15(14)21(16)10-6-9-17(2,3)12-18/h4-5,7-8,13,22H,6,9-11H2,1-3H3,(H,19,20). The van der Waals surface area contributed by atoms with Gasteiger partial charge >= 0.3 is 0 Å². The molecule has 0 aliphatic rings. The van der Waals surface area contributed by atoms with Gasteiger partial charge in [0.25, 0.3) is 0 Å². The quantitative estimate of drug-likeness (QED) is 0.823. The van der Waals surface area contributed by atoms with Gasteiger partial charge in [0, 0.05) is 13.1 Å². The van der Waals surface area contributed by atoms with Crippen molar-refractivity contribution in [3.8, 4) is 6.07 Å². The van der Waals surface area contributed by atoms with E-state index in [0.29, 0.717) is 6.54 Å². The molecule has 0 spiro atoms. The Balaban J connectivity index is 2.18. The van der Waals surface area contributed by atoms with Crippen LogP contribution in [0, 0.1) is 16.7 Å². The van der Waals surface area contributed by atoms with E-state index < -0.39 is 6.10 Å². The predicted molar refractivity (Wildman–Crippen MR) is 88.5 cm³/mol. The van der Waals surface area contributed by atoms with Crippen LogP contribution < -0.4 is 5.32 Å². The van der Waals surface area contributed by atoms with Gasteiger partial charge in [0.1, 0.15) is 0 Å². The Bertz CT molecular complexity index is 667. The predicted octanol–water partition coefficient (Wildman–Crippen LogP) is 3.16. The molecule has 1 atom stereocenters. The molecule has 2 rings (SSSR count). The van der Waals surface area contributed by atoms with Crippen molar-refractivity contribution >= 4 is 17.0 Å². The third kappa shape index (κ3) is 3.99. The molecule has 1 unspecified atom stereocenters. The first-order valence-corrected chi connectivity index (χ1v) is 7.71. The highest BCUT2D eigenvalue weighted by Crippen LogP contribution is 2.24. The molecule has 0 fully saturated rings. The molecule has 5 nitrogen and oxygen atoms in total. The lowest BCUT2D eigenvalue weighted by Crippen LogP contribution is -2.18. The Hall–Kier alpha value is -2.06. The van der Waals surface area contributed by atoms with E-state index in [0.717, 1.165) is 36.4 Å². The van der Waals surface area contributed by atoms with E-state index in [1.807, 2.05) is 38.1 Å². The highest BCUT2D eigenvalue weighted by atomic mass is 16.3. The monoisotopic (exact) mass is 300 g/mol. The van der Waals surface area contributed by atoms with Crippen LogP contribution in [0.3, 0.4) is 0 Å². The van der Waals surface area contributed by atoms with Crippen molar-refractivity contribution in [3.63, 3.8) is 0 Å². The summed E-state index contributed by atoms with van der Waals surface area (Å²) < 4.78 is 2.13. The number of para-hydroxylation sites is 2. The van der Waals surface area contributed by atoms with Crippen molar-refractivity contribution in [2.24, 2.45) is 5.41 Å². The van der Waals surface area contributed by atoms with Crippen LogP contribution in [0.4, 0.5) is 5.95 Å². The fourth-order valence-electron chi connectivity index (χ4n) is 2.41. The summed E-state index contributed by atoms with van der Waals surface area (Å²) in [7, 11) is 0. The topological polar surface area (TPSA) is 73.9 Å². The molecule has 0 bridgehead atoms. The molecule has 0 saturated carbocycles. The lowest BCUT2D eigenvalue weighted by atomic mass is 9.90. The first-order valence-electron chi connectivity index (χ1n) is 7.71. The summed E-state index contributed by atoms with van der Waals surface area (Å²) in [5, 5.41) is 21.8. The van der Waals surface area contributed by atoms with Gasteiger partial charge in [-0.2, -0.15) is 5.26 Å². The molecule has 0 aliphatic heterocycles. The Morgan fingerprint density at radius 3 is 2.82 bits per heavy atom. The van der Waals surface area contributed by atoms with Gasteiger partial charge in [-0.3, -0.25) is 0 Å². The second-order valence-electron chi connectivity index (χ2n) is 6.40. The summed E-state index contributed by atoms with van der Waals surface area (Å²) in [4.78, 5) is 4.60. The smallest absolute Gasteiger partial charge is 0.203 e. The Kier molecular flexibility index (Phi) is 5.04. The van der Waals surface area contributed by atoms with Gasteiger partial charge in [-0.05, 0) is 45.7 Å². The largest absolute Gasteiger partial charge is 0.392 e. The molecule has 2 aromatic rings. The van der Waals surface area contributed by atoms with Crippen LogP contribution >= 0.6 is 0 Å². The summed E-state index contributed by atoms with van der Waals surface area (Å²) in [5.74, 6) is 0.775. The molecule has 2 N–H and O–H groups in total. The number of nitriles is 1. The van der Waals surface area contributed by atoms with E-state index in [1.165, 1.54) is 0 Å². The summed E-state index contributed by atoms with van der Waals surface area (Å²) in [5.41, 5.74) is 1.71. The van der Waals surface area contributed by atoms with Gasteiger partial charge in [-0.25, -0.2) is 4.98 Å². The fraction of sp³-hybridized carbons (Fsp3) is 0.529. The average molecular weight is 300 g/mol. The zero-order valence-electron chi connectivity index (χ0n) is 13.5. The molecule has 1 aromatic heterocycles. The molecule has 5 heteroatoms. The van der Waals surface area contributed by atoms with Crippen LogP contribution in [0.1, 0.15) is 33.6 Å². The van der Waals surface area contributed by atoms with Gasteiger partial charge < -0.3 is 15.0 Å². The van der Waals surface area contributed by atoms with Crippen LogP contribution in [0.5, 0.6) is 0 Å². The van der Waals surface area contributed by atoms with Crippen molar-refractivity contribution in [3.05, 3.63) is 24.3 Å². The number of hydrogen-bond acceptors (Lipinski definition) is 4. The first-order chi connectivity index (χ1) is 10.4. The van der Waals surface area contributed by atoms with Gasteiger partial charge in [-0.1, -0.05) is 12.1 Å². The molecule has 0 radical (unpaired) electrons. The number of rotatable bonds is 7. The van der Waals surface area contributed by atoms with Gasteiger partial charge in [0.05, 0.1) is 28.6 Å². The summed E-state index contributed by atoms with van der Waals surface area (Å²) in [6, 6.07) is 10.3. The maximum absolute atomic E-state index is 9.46. The van der Waals surface area contributed by atoms with Crippen LogP contribution in [0.15, 0.2) is 24.3 Å². The lowest BCUT2D eigenvalue weighted by Gasteiger charge is -2.16. The first kappa shape index (κ1) is 16.3. The van der Waals surface area contributed by atoms with Gasteiger partial charge in [-0.15, -0.1) is 0 Å². The minimum Gasteiger partial charge on any atom is -0.392 e. The Labute approximate surface area is 131 Å². The van der Waals surface area contributed by atoms with E-state index in [-0.39, 0.29) is 5.41 Å². The number of hydrogen-bond donors (Lipinski definition) is 2. The molecule has 0 aliphatic carbocycles. The summed E-state index contributed by atoms with van der Waals surface area (Å²) in [6.45, 7) is 6.94. The normalized spacial score (nSPS) is 13.0. The highest BCUT2D eigenvalue weighted by Gasteiger charge is 2.17. The number of nitrogens with one attached hydrogen (secondary N) is 1. The minimum absolute atomic E-state index is 0.302. The second-order valence-corrected chi connectivity index (χ2v) is 6.40. The molecular weight excluding hydrogens is 276 g/mol. The van der Waals surface area contributed by atoms with Crippen molar-refractivity contribution in [2.45, 2.75) is 46.3 Å². The average Bonchev–Trinajstić information content (AvgIpc) is 2.83. The Morgan fingerprint density at radius 2 is 2.14 bits per heavy atom. The molecule has 1 aromatic carbocycles. The molecule has 1 heterocycles. The number of benzene rings is 1. The zero-order valence-corrected chi connectivity index (χ0v) is 13.5. The van der Waals surface area contributed by atoms with Crippen molar-refractivity contribution < 1.29 is 5.11 Å². The number of imidazole rings is 1. The maximum atomic E-state index is 9.46. The van der Waals surface area contributed by atoms with E-state index in [1.54, 1.807) is 6.92 Å². The SMILES string of the molecule is CC(O)CNc1nc2ccccc2n1CCCC(C)(C)C#N. The fourth-order valence-corrected chi connectivity index (χ4v) is 2.41. The molecule has 118 valence electrons. The molecule has 0 saturated heterocycles. The third-order valence-electron chi connectivity index (χ3n) is 3.70. The van der Waals surface area contributed by atoms with E-state index in [9.17, 15) is 5.11 Å².